The zero-order valence-corrected chi connectivity index (χ0v) is 7.03. The van der Waals surface area contributed by atoms with Crippen LogP contribution >= 0.6 is 7.36 Å². The van der Waals surface area contributed by atoms with Gasteiger partial charge in [-0.15, -0.1) is 0 Å². The zero-order chi connectivity index (χ0) is 6.69. The standard InChI is InChI=1S/C7H7PS/c1-6-2-4-7(8-9)5-3-6/h2-5H,1H3/p+1. The van der Waals surface area contributed by atoms with Crippen molar-refractivity contribution in [2.45, 2.75) is 6.92 Å². The van der Waals surface area contributed by atoms with Gasteiger partial charge in [0.1, 0.15) is 0 Å². The third-order valence-corrected chi connectivity index (χ3v) is 2.45. The SMILES string of the molecule is Cc1ccc([PH+]=S)cc1. The van der Waals surface area contributed by atoms with Gasteiger partial charge in [0.05, 0.1) is 0 Å². The molecule has 1 unspecified atom stereocenters. The Morgan fingerprint density at radius 3 is 2.22 bits per heavy atom. The number of benzene rings is 1. The van der Waals surface area contributed by atoms with Gasteiger partial charge in [-0.25, -0.2) is 0 Å². The Morgan fingerprint density at radius 2 is 1.78 bits per heavy atom. The van der Waals surface area contributed by atoms with E-state index in [9.17, 15) is 0 Å². The fraction of sp³-hybridized carbons (Fsp3) is 0.143. The highest BCUT2D eigenvalue weighted by atomic mass is 32.4. The molecule has 0 bridgehead atoms. The first-order valence-electron chi connectivity index (χ1n) is 2.78. The summed E-state index contributed by atoms with van der Waals surface area (Å²) in [5, 5.41) is 1.26. The van der Waals surface area contributed by atoms with Crippen LogP contribution in [0.25, 0.3) is 0 Å². The summed E-state index contributed by atoms with van der Waals surface area (Å²) >= 11 is 4.89. The average molecular weight is 155 g/mol. The largest absolute Gasteiger partial charge is 0.198 e. The minimum Gasteiger partial charge on any atom is -0.0549 e. The van der Waals surface area contributed by atoms with Crippen LogP contribution in [0.2, 0.25) is 0 Å². The quantitative estimate of drug-likeness (QED) is 0.557. The first kappa shape index (κ1) is 6.85. The minimum atomic E-state index is 0.510. The molecule has 1 aromatic rings. The van der Waals surface area contributed by atoms with Crippen LogP contribution in [0.4, 0.5) is 0 Å². The molecule has 0 aliphatic rings. The second-order valence-electron chi connectivity index (χ2n) is 1.97. The fourth-order valence-corrected chi connectivity index (χ4v) is 1.33. The van der Waals surface area contributed by atoms with Crippen molar-refractivity contribution in [1.82, 2.24) is 0 Å². The van der Waals surface area contributed by atoms with Gasteiger partial charge in [-0.1, -0.05) is 17.7 Å². The third-order valence-electron chi connectivity index (χ3n) is 1.17. The summed E-state index contributed by atoms with van der Waals surface area (Å²) in [5.74, 6) is 0. The van der Waals surface area contributed by atoms with E-state index in [1.54, 1.807) is 0 Å². The van der Waals surface area contributed by atoms with Crippen molar-refractivity contribution in [1.29, 1.82) is 0 Å². The summed E-state index contributed by atoms with van der Waals surface area (Å²) < 4.78 is 0. The lowest BCUT2D eigenvalue weighted by Crippen LogP contribution is -1.87. The van der Waals surface area contributed by atoms with Gasteiger partial charge in [-0.2, -0.15) is 0 Å². The molecule has 9 heavy (non-hydrogen) atoms. The molecule has 0 N–H and O–H groups in total. The summed E-state index contributed by atoms with van der Waals surface area (Å²) in [6.45, 7) is 2.08. The van der Waals surface area contributed by atoms with E-state index in [0.717, 1.165) is 0 Å². The summed E-state index contributed by atoms with van der Waals surface area (Å²) in [4.78, 5) is 0. The molecule has 0 aliphatic heterocycles. The normalized spacial score (nSPS) is 9.89. The molecule has 0 spiro atoms. The Kier molecular flexibility index (Phi) is 2.32. The lowest BCUT2D eigenvalue weighted by atomic mass is 10.2. The molecule has 0 saturated heterocycles. The molecule has 0 radical (unpaired) electrons. The minimum absolute atomic E-state index is 0.510. The van der Waals surface area contributed by atoms with Gasteiger partial charge in [-0.3, -0.25) is 0 Å². The summed E-state index contributed by atoms with van der Waals surface area (Å²) in [6, 6.07) is 8.35. The van der Waals surface area contributed by atoms with Crippen LogP contribution in [-0.4, -0.2) is 0 Å². The first-order valence-corrected chi connectivity index (χ1v) is 4.91. The van der Waals surface area contributed by atoms with Crippen molar-refractivity contribution in [2.75, 3.05) is 0 Å². The average Bonchev–Trinajstić information content (AvgIpc) is 1.90. The summed E-state index contributed by atoms with van der Waals surface area (Å²) in [7, 11) is 0.510. The fourth-order valence-electron chi connectivity index (χ4n) is 0.622. The molecule has 46 valence electrons. The molecule has 2 heteroatoms. The van der Waals surface area contributed by atoms with Crippen LogP contribution in [0.15, 0.2) is 24.3 Å². The molecule has 0 fully saturated rings. The van der Waals surface area contributed by atoms with E-state index in [2.05, 4.69) is 31.2 Å². The molecule has 0 aromatic heterocycles. The Labute approximate surface area is 61.7 Å². The molecule has 1 rings (SSSR count). The van der Waals surface area contributed by atoms with Crippen molar-refractivity contribution in [3.05, 3.63) is 29.8 Å². The number of hydrogen-bond donors (Lipinski definition) is 0. The predicted molar refractivity (Wildman–Crippen MR) is 46.5 cm³/mol. The van der Waals surface area contributed by atoms with Crippen molar-refractivity contribution in [2.24, 2.45) is 0 Å². The van der Waals surface area contributed by atoms with Gasteiger partial charge in [0, 0.05) is 0 Å². The summed E-state index contributed by atoms with van der Waals surface area (Å²) in [6.07, 6.45) is 0. The molecule has 1 aromatic carbocycles. The van der Waals surface area contributed by atoms with E-state index in [1.165, 1.54) is 10.9 Å². The van der Waals surface area contributed by atoms with Crippen LogP contribution in [0.3, 0.4) is 0 Å². The highest BCUT2D eigenvalue weighted by Crippen LogP contribution is 1.98. The van der Waals surface area contributed by atoms with Crippen molar-refractivity contribution in [3.63, 3.8) is 0 Å². The van der Waals surface area contributed by atoms with E-state index in [0.29, 0.717) is 7.36 Å². The molecular formula is C7H8PS+. The highest BCUT2D eigenvalue weighted by molar-refractivity contribution is 7.99. The lowest BCUT2D eigenvalue weighted by Gasteiger charge is -1.85. The van der Waals surface area contributed by atoms with E-state index in [-0.39, 0.29) is 0 Å². The van der Waals surface area contributed by atoms with Gasteiger partial charge >= 0.3 is 0 Å². The van der Waals surface area contributed by atoms with Gasteiger partial charge in [0.25, 0.3) is 0 Å². The number of hydrogen-bond acceptors (Lipinski definition) is 1. The Bertz CT molecular complexity index is 203. The topological polar surface area (TPSA) is 0 Å². The van der Waals surface area contributed by atoms with E-state index >= 15 is 0 Å². The second kappa shape index (κ2) is 3.05. The maximum absolute atomic E-state index is 4.89. The molecule has 1 atom stereocenters. The Hall–Kier alpha value is -0.260. The predicted octanol–water partition coefficient (Wildman–Crippen LogP) is 1.76. The Balaban J connectivity index is 3.01. The molecule has 0 heterocycles. The maximum atomic E-state index is 4.89. The highest BCUT2D eigenvalue weighted by Gasteiger charge is 1.91. The number of aryl methyl sites for hydroxylation is 1. The molecule has 0 aliphatic carbocycles. The number of rotatable bonds is 1. The van der Waals surface area contributed by atoms with Crippen LogP contribution in [0, 0.1) is 6.92 Å². The zero-order valence-electron chi connectivity index (χ0n) is 5.22. The maximum Gasteiger partial charge on any atom is 0.198 e. The monoisotopic (exact) mass is 155 g/mol. The molecule has 0 amide bonds. The third kappa shape index (κ3) is 1.85. The lowest BCUT2D eigenvalue weighted by molar-refractivity contribution is 1.49. The molecule has 0 nitrogen and oxygen atoms in total. The second-order valence-corrected chi connectivity index (χ2v) is 3.36. The van der Waals surface area contributed by atoms with Crippen molar-refractivity contribution in [3.8, 4) is 0 Å². The Morgan fingerprint density at radius 1 is 1.22 bits per heavy atom. The van der Waals surface area contributed by atoms with Gasteiger partial charge in [-0.05, 0) is 19.1 Å². The van der Waals surface area contributed by atoms with Crippen LogP contribution in [0.5, 0.6) is 0 Å². The first-order chi connectivity index (χ1) is 4.33. The van der Waals surface area contributed by atoms with Crippen LogP contribution in [0.1, 0.15) is 5.56 Å². The summed E-state index contributed by atoms with van der Waals surface area (Å²) in [5.41, 5.74) is 1.30. The van der Waals surface area contributed by atoms with Gasteiger partial charge in [0.2, 0.25) is 0 Å². The molecular weight excluding hydrogens is 147 g/mol. The van der Waals surface area contributed by atoms with Gasteiger partial charge in [0.15, 0.2) is 24.5 Å². The van der Waals surface area contributed by atoms with E-state index in [4.69, 9.17) is 11.8 Å². The van der Waals surface area contributed by atoms with Crippen molar-refractivity contribution >= 4 is 24.5 Å². The molecule has 0 saturated carbocycles. The van der Waals surface area contributed by atoms with E-state index < -0.39 is 0 Å². The van der Waals surface area contributed by atoms with Gasteiger partial charge < -0.3 is 0 Å². The smallest absolute Gasteiger partial charge is 0.0549 e. The van der Waals surface area contributed by atoms with Crippen LogP contribution in [-0.2, 0) is 11.8 Å². The van der Waals surface area contributed by atoms with Crippen molar-refractivity contribution < 1.29 is 0 Å². The van der Waals surface area contributed by atoms with E-state index in [1.807, 2.05) is 0 Å². The van der Waals surface area contributed by atoms with Crippen LogP contribution < -0.4 is 5.30 Å².